The lowest BCUT2D eigenvalue weighted by Crippen LogP contribution is -2.50. The molecule has 3 amide bonds. The topological polar surface area (TPSA) is 111 Å². The van der Waals surface area contributed by atoms with E-state index >= 15 is 0 Å². The van der Waals surface area contributed by atoms with E-state index in [1.807, 2.05) is 42.5 Å². The van der Waals surface area contributed by atoms with Crippen LogP contribution >= 0.6 is 23.2 Å². The third-order valence-corrected chi connectivity index (χ3v) is 8.00. The Morgan fingerprint density at radius 3 is 2.44 bits per heavy atom. The van der Waals surface area contributed by atoms with Gasteiger partial charge in [0.25, 0.3) is 5.91 Å². The first-order valence-electron chi connectivity index (χ1n) is 12.8. The second-order valence-corrected chi connectivity index (χ2v) is 10.6. The molecule has 3 aromatic rings. The lowest BCUT2D eigenvalue weighted by Gasteiger charge is -2.42. The second-order valence-electron chi connectivity index (χ2n) is 9.78. The Hall–Kier alpha value is -3.75. The number of anilines is 1. The standard InChI is InChI=1S/C29H28Cl2N4O4/c30-21-11-13-24(35-15-19(16-35)17-6-2-1-3-7-17)26(31)25(21)27(36)33-23(28(37)38)14-32-29(39)34-22-12-10-18-8-4-5-9-20(18)22/h1-9,11,13,19,22-23H,10,12,14-16H2,(H,33,36)(H,37,38)(H2,32,34,39)/t22-,23?/m1/s1. The van der Waals surface area contributed by atoms with Crippen LogP contribution in [0.25, 0.3) is 0 Å². The van der Waals surface area contributed by atoms with Gasteiger partial charge in [0.2, 0.25) is 0 Å². The highest BCUT2D eigenvalue weighted by atomic mass is 35.5. The number of carboxylic acid groups (broad SMARTS) is 1. The van der Waals surface area contributed by atoms with Gasteiger partial charge in [-0.1, -0.05) is 77.8 Å². The molecule has 2 aliphatic rings. The van der Waals surface area contributed by atoms with Gasteiger partial charge in [-0.25, -0.2) is 9.59 Å². The number of benzene rings is 3. The molecule has 1 aliphatic carbocycles. The van der Waals surface area contributed by atoms with Crippen molar-refractivity contribution in [3.63, 3.8) is 0 Å². The SMILES string of the molecule is O=C(NCC(NC(=O)c1c(Cl)ccc(N2CC(c3ccccc3)C2)c1Cl)C(=O)O)N[C@@H]1CCc2ccccc21. The van der Waals surface area contributed by atoms with Gasteiger partial charge >= 0.3 is 12.0 Å². The fraction of sp³-hybridized carbons (Fsp3) is 0.276. The molecule has 0 bridgehead atoms. The van der Waals surface area contributed by atoms with Crippen molar-refractivity contribution in [3.8, 4) is 0 Å². The van der Waals surface area contributed by atoms with Gasteiger partial charge < -0.3 is 26.0 Å². The average molecular weight is 567 g/mol. The second kappa shape index (κ2) is 11.6. The number of carbonyl (C=O) groups is 3. The third kappa shape index (κ3) is 5.82. The summed E-state index contributed by atoms with van der Waals surface area (Å²) in [5.74, 6) is -1.68. The molecule has 202 valence electrons. The molecule has 4 N–H and O–H groups in total. The van der Waals surface area contributed by atoms with Gasteiger partial charge in [-0.2, -0.15) is 0 Å². The molecular weight excluding hydrogens is 539 g/mol. The first kappa shape index (κ1) is 26.8. The lowest BCUT2D eigenvalue weighted by molar-refractivity contribution is -0.139. The number of carboxylic acids is 1. The molecule has 2 atom stereocenters. The fourth-order valence-electron chi connectivity index (χ4n) is 5.15. The van der Waals surface area contributed by atoms with Crippen LogP contribution in [0, 0.1) is 0 Å². The minimum absolute atomic E-state index is 0.00254. The number of urea groups is 1. The van der Waals surface area contributed by atoms with Crippen LogP contribution in [0.15, 0.2) is 66.7 Å². The summed E-state index contributed by atoms with van der Waals surface area (Å²) in [5, 5.41) is 17.8. The van der Waals surface area contributed by atoms with Crippen molar-refractivity contribution in [2.45, 2.75) is 30.8 Å². The number of halogens is 2. The maximum atomic E-state index is 13.1. The van der Waals surface area contributed by atoms with E-state index in [4.69, 9.17) is 23.2 Å². The minimum Gasteiger partial charge on any atom is -0.480 e. The number of nitrogens with zero attached hydrogens (tertiary/aromatic N) is 1. The molecule has 39 heavy (non-hydrogen) atoms. The first-order valence-corrected chi connectivity index (χ1v) is 13.5. The summed E-state index contributed by atoms with van der Waals surface area (Å²) >= 11 is 12.9. The number of fused-ring (bicyclic) bond motifs is 1. The maximum Gasteiger partial charge on any atom is 0.328 e. The van der Waals surface area contributed by atoms with Crippen molar-refractivity contribution in [1.29, 1.82) is 0 Å². The highest BCUT2D eigenvalue weighted by Gasteiger charge is 2.32. The molecule has 5 rings (SSSR count). The largest absolute Gasteiger partial charge is 0.480 e. The number of rotatable bonds is 8. The Morgan fingerprint density at radius 2 is 1.69 bits per heavy atom. The minimum atomic E-state index is -1.39. The van der Waals surface area contributed by atoms with E-state index in [1.165, 1.54) is 11.1 Å². The van der Waals surface area contributed by atoms with Gasteiger partial charge in [-0.15, -0.1) is 0 Å². The third-order valence-electron chi connectivity index (χ3n) is 7.30. The summed E-state index contributed by atoms with van der Waals surface area (Å²) in [7, 11) is 0. The van der Waals surface area contributed by atoms with Crippen molar-refractivity contribution in [3.05, 3.63) is 99.0 Å². The number of aliphatic carboxylic acids is 1. The van der Waals surface area contributed by atoms with Gasteiger partial charge in [0, 0.05) is 19.0 Å². The Labute approximate surface area is 236 Å². The van der Waals surface area contributed by atoms with Gasteiger partial charge in [-0.05, 0) is 41.7 Å². The first-order chi connectivity index (χ1) is 18.8. The van der Waals surface area contributed by atoms with Gasteiger partial charge in [0.15, 0.2) is 0 Å². The van der Waals surface area contributed by atoms with Gasteiger partial charge in [0.1, 0.15) is 6.04 Å². The van der Waals surface area contributed by atoms with E-state index in [0.29, 0.717) is 11.6 Å². The molecule has 1 heterocycles. The quantitative estimate of drug-likeness (QED) is 0.314. The molecule has 1 aliphatic heterocycles. The van der Waals surface area contributed by atoms with Crippen LogP contribution in [0.3, 0.4) is 0 Å². The molecule has 8 nitrogen and oxygen atoms in total. The molecule has 0 spiro atoms. The monoisotopic (exact) mass is 566 g/mol. The Balaban J connectivity index is 1.20. The number of aryl methyl sites for hydroxylation is 1. The molecule has 10 heteroatoms. The van der Waals surface area contributed by atoms with Crippen LogP contribution in [0.2, 0.25) is 10.0 Å². The number of nitrogens with one attached hydrogen (secondary N) is 3. The smallest absolute Gasteiger partial charge is 0.328 e. The van der Waals surface area contributed by atoms with Crippen LogP contribution < -0.4 is 20.9 Å². The normalized spacial score (nSPS) is 17.1. The number of hydrogen-bond donors (Lipinski definition) is 4. The zero-order valence-electron chi connectivity index (χ0n) is 21.0. The van der Waals surface area contributed by atoms with Crippen molar-refractivity contribution in [1.82, 2.24) is 16.0 Å². The summed E-state index contributed by atoms with van der Waals surface area (Å²) < 4.78 is 0. The Kier molecular flexibility index (Phi) is 7.95. The van der Waals surface area contributed by atoms with E-state index < -0.39 is 23.9 Å². The van der Waals surface area contributed by atoms with Crippen LogP contribution in [-0.2, 0) is 11.2 Å². The summed E-state index contributed by atoms with van der Waals surface area (Å²) in [6, 6.07) is 19.3. The highest BCUT2D eigenvalue weighted by Crippen LogP contribution is 2.39. The van der Waals surface area contributed by atoms with Crippen LogP contribution in [-0.4, -0.2) is 48.7 Å². The van der Waals surface area contributed by atoms with E-state index in [1.54, 1.807) is 12.1 Å². The molecule has 0 aromatic heterocycles. The molecule has 1 saturated heterocycles. The van der Waals surface area contributed by atoms with Gasteiger partial charge in [0.05, 0.1) is 33.9 Å². The van der Waals surface area contributed by atoms with Crippen molar-refractivity contribution in [2.75, 3.05) is 24.5 Å². The van der Waals surface area contributed by atoms with E-state index in [2.05, 4.69) is 33.0 Å². The van der Waals surface area contributed by atoms with Crippen LogP contribution in [0.1, 0.15) is 45.4 Å². The number of amides is 3. The Morgan fingerprint density at radius 1 is 0.974 bits per heavy atom. The van der Waals surface area contributed by atoms with Crippen LogP contribution in [0.4, 0.5) is 10.5 Å². The highest BCUT2D eigenvalue weighted by molar-refractivity contribution is 6.41. The summed E-state index contributed by atoms with van der Waals surface area (Å²) in [6.45, 7) is 1.14. The van der Waals surface area contributed by atoms with Crippen molar-refractivity contribution in [2.24, 2.45) is 0 Å². The summed E-state index contributed by atoms with van der Waals surface area (Å²) in [6.07, 6.45) is 1.63. The molecule has 0 radical (unpaired) electrons. The zero-order valence-corrected chi connectivity index (χ0v) is 22.5. The van der Waals surface area contributed by atoms with Crippen molar-refractivity contribution >= 4 is 46.8 Å². The predicted octanol–water partition coefficient (Wildman–Crippen LogP) is 4.77. The van der Waals surface area contributed by atoms with Crippen molar-refractivity contribution < 1.29 is 19.5 Å². The number of hydrogen-bond acceptors (Lipinski definition) is 4. The average Bonchev–Trinajstić information content (AvgIpc) is 3.30. The zero-order chi connectivity index (χ0) is 27.5. The van der Waals surface area contributed by atoms with Crippen LogP contribution in [0.5, 0.6) is 0 Å². The predicted molar refractivity (Wildman–Crippen MR) is 151 cm³/mol. The molecule has 3 aromatic carbocycles. The Bertz CT molecular complexity index is 1400. The fourth-order valence-corrected chi connectivity index (χ4v) is 5.81. The van der Waals surface area contributed by atoms with Gasteiger partial charge in [-0.3, -0.25) is 4.79 Å². The summed E-state index contributed by atoms with van der Waals surface area (Å²) in [5.41, 5.74) is 4.12. The number of carbonyl (C=O) groups excluding carboxylic acids is 2. The maximum absolute atomic E-state index is 13.1. The van der Waals surface area contributed by atoms with E-state index in [0.717, 1.165) is 31.5 Å². The molecular formula is C29H28Cl2N4O4. The molecule has 1 fully saturated rings. The van der Waals surface area contributed by atoms with E-state index in [-0.39, 0.29) is 28.2 Å². The molecule has 1 unspecified atom stereocenters. The van der Waals surface area contributed by atoms with E-state index in [9.17, 15) is 19.5 Å². The molecule has 0 saturated carbocycles. The summed E-state index contributed by atoms with van der Waals surface area (Å²) in [4.78, 5) is 39.6. The lowest BCUT2D eigenvalue weighted by atomic mass is 9.91.